The van der Waals surface area contributed by atoms with Crippen LogP contribution in [0.1, 0.15) is 11.1 Å². The summed E-state index contributed by atoms with van der Waals surface area (Å²) < 4.78 is 39.8. The zero-order valence-corrected chi connectivity index (χ0v) is 15.4. The smallest absolute Gasteiger partial charge is 0.368 e. The van der Waals surface area contributed by atoms with Crippen molar-refractivity contribution in [3.63, 3.8) is 0 Å². The number of aryl methyl sites for hydroxylation is 1. The van der Waals surface area contributed by atoms with Crippen LogP contribution in [0.15, 0.2) is 47.1 Å². The van der Waals surface area contributed by atoms with Crippen molar-refractivity contribution >= 4 is 38.5 Å². The third-order valence-electron chi connectivity index (χ3n) is 3.81. The van der Waals surface area contributed by atoms with Crippen LogP contribution < -0.4 is 10.6 Å². The summed E-state index contributed by atoms with van der Waals surface area (Å²) >= 11 is 3.44. The molecule has 0 atom stereocenters. The first kappa shape index (κ1) is 18.4. The first-order valence-corrected chi connectivity index (χ1v) is 8.71. The first-order chi connectivity index (χ1) is 12.3. The number of fused-ring (bicyclic) bond motifs is 1. The normalized spacial score (nSPS) is 11.6. The summed E-state index contributed by atoms with van der Waals surface area (Å²) in [5.41, 5.74) is 1.15. The molecule has 0 unspecified atom stereocenters. The molecule has 4 nitrogen and oxygen atoms in total. The van der Waals surface area contributed by atoms with E-state index in [-0.39, 0.29) is 12.4 Å². The standard InChI is InChI=1S/C18H16BrF3N4/c1-11-9-16(26-15-5-4-12(19)10-13(11)15)23-7-8-25-17-14(18(20,21)22)3-2-6-24-17/h2-6,9-10H,7-8H2,1H3,(H,23,26)(H,24,25). The van der Waals surface area contributed by atoms with E-state index >= 15 is 0 Å². The Morgan fingerprint density at radius 2 is 1.85 bits per heavy atom. The number of nitrogens with one attached hydrogen (secondary N) is 2. The molecule has 0 aliphatic heterocycles. The van der Waals surface area contributed by atoms with E-state index in [1.165, 1.54) is 12.3 Å². The lowest BCUT2D eigenvalue weighted by Gasteiger charge is -2.14. The van der Waals surface area contributed by atoms with Crippen LogP contribution >= 0.6 is 15.9 Å². The topological polar surface area (TPSA) is 49.8 Å². The molecular weight excluding hydrogens is 409 g/mol. The Kier molecular flexibility index (Phi) is 5.31. The van der Waals surface area contributed by atoms with Crippen molar-refractivity contribution in [2.24, 2.45) is 0 Å². The van der Waals surface area contributed by atoms with E-state index in [0.717, 1.165) is 27.0 Å². The number of rotatable bonds is 5. The predicted octanol–water partition coefficient (Wildman–Crippen LogP) is 5.24. The van der Waals surface area contributed by atoms with E-state index in [9.17, 15) is 13.2 Å². The highest BCUT2D eigenvalue weighted by Crippen LogP contribution is 2.33. The van der Waals surface area contributed by atoms with Gasteiger partial charge in [-0.3, -0.25) is 0 Å². The molecule has 2 N–H and O–H groups in total. The van der Waals surface area contributed by atoms with Crippen LogP contribution in [-0.2, 0) is 6.18 Å². The molecule has 26 heavy (non-hydrogen) atoms. The van der Waals surface area contributed by atoms with E-state index in [1.807, 2.05) is 31.2 Å². The third kappa shape index (κ3) is 4.24. The molecule has 8 heteroatoms. The molecule has 1 aromatic carbocycles. The second-order valence-corrected chi connectivity index (χ2v) is 6.65. The molecule has 0 aliphatic rings. The van der Waals surface area contributed by atoms with Gasteiger partial charge in [-0.25, -0.2) is 9.97 Å². The Bertz CT molecular complexity index is 928. The molecule has 0 bridgehead atoms. The number of hydrogen-bond donors (Lipinski definition) is 2. The van der Waals surface area contributed by atoms with Gasteiger partial charge in [0.05, 0.1) is 11.1 Å². The van der Waals surface area contributed by atoms with Gasteiger partial charge in [0.15, 0.2) is 0 Å². The molecule has 2 aromatic heterocycles. The summed E-state index contributed by atoms with van der Waals surface area (Å²) in [7, 11) is 0. The molecule has 0 fully saturated rings. The maximum absolute atomic E-state index is 12.9. The number of benzene rings is 1. The Morgan fingerprint density at radius 1 is 1.08 bits per heavy atom. The maximum atomic E-state index is 12.9. The van der Waals surface area contributed by atoms with E-state index in [2.05, 4.69) is 36.5 Å². The van der Waals surface area contributed by atoms with Crippen molar-refractivity contribution in [3.05, 3.63) is 58.2 Å². The van der Waals surface area contributed by atoms with Crippen LogP contribution in [0.5, 0.6) is 0 Å². The van der Waals surface area contributed by atoms with Gasteiger partial charge in [-0.05, 0) is 48.9 Å². The second kappa shape index (κ2) is 7.49. The third-order valence-corrected chi connectivity index (χ3v) is 4.31. The molecule has 0 radical (unpaired) electrons. The number of hydrogen-bond acceptors (Lipinski definition) is 4. The van der Waals surface area contributed by atoms with Gasteiger partial charge in [0.25, 0.3) is 0 Å². The quantitative estimate of drug-likeness (QED) is 0.549. The highest BCUT2D eigenvalue weighted by atomic mass is 79.9. The number of anilines is 2. The lowest BCUT2D eigenvalue weighted by Crippen LogP contribution is -2.18. The van der Waals surface area contributed by atoms with Crippen LogP contribution in [0.2, 0.25) is 0 Å². The molecule has 3 aromatic rings. The molecule has 0 saturated heterocycles. The first-order valence-electron chi connectivity index (χ1n) is 7.91. The minimum Gasteiger partial charge on any atom is -0.368 e. The van der Waals surface area contributed by atoms with E-state index < -0.39 is 11.7 Å². The van der Waals surface area contributed by atoms with Gasteiger partial charge in [0.1, 0.15) is 11.6 Å². The lowest BCUT2D eigenvalue weighted by atomic mass is 10.1. The highest BCUT2D eigenvalue weighted by Gasteiger charge is 2.33. The Balaban J connectivity index is 1.64. The van der Waals surface area contributed by atoms with Gasteiger partial charge < -0.3 is 10.6 Å². The van der Waals surface area contributed by atoms with Gasteiger partial charge in [-0.2, -0.15) is 13.2 Å². The van der Waals surface area contributed by atoms with Gasteiger partial charge >= 0.3 is 6.18 Å². The largest absolute Gasteiger partial charge is 0.419 e. The molecule has 0 spiro atoms. The van der Waals surface area contributed by atoms with Crippen LogP contribution in [0.3, 0.4) is 0 Å². The molecule has 2 heterocycles. The Hall–Kier alpha value is -2.35. The molecule has 136 valence electrons. The van der Waals surface area contributed by atoms with Gasteiger partial charge in [-0.15, -0.1) is 0 Å². The summed E-state index contributed by atoms with van der Waals surface area (Å²) in [6.45, 7) is 2.67. The van der Waals surface area contributed by atoms with Crippen molar-refractivity contribution in [1.29, 1.82) is 0 Å². The average Bonchev–Trinajstić information content (AvgIpc) is 2.59. The molecule has 0 saturated carbocycles. The van der Waals surface area contributed by atoms with Crippen LogP contribution in [-0.4, -0.2) is 23.1 Å². The molecular formula is C18H16BrF3N4. The number of alkyl halides is 3. The van der Waals surface area contributed by atoms with Crippen molar-refractivity contribution in [2.45, 2.75) is 13.1 Å². The number of halogens is 4. The fourth-order valence-corrected chi connectivity index (χ4v) is 2.96. The summed E-state index contributed by atoms with van der Waals surface area (Å²) in [4.78, 5) is 8.30. The van der Waals surface area contributed by atoms with Crippen molar-refractivity contribution in [3.8, 4) is 0 Å². The SMILES string of the molecule is Cc1cc(NCCNc2ncccc2C(F)(F)F)nc2ccc(Br)cc12. The zero-order valence-electron chi connectivity index (χ0n) is 13.9. The minimum absolute atomic E-state index is 0.172. The summed E-state index contributed by atoms with van der Waals surface area (Å²) in [5, 5.41) is 6.90. The van der Waals surface area contributed by atoms with Crippen molar-refractivity contribution < 1.29 is 13.2 Å². The van der Waals surface area contributed by atoms with E-state index in [4.69, 9.17) is 0 Å². The number of nitrogens with zero attached hydrogens (tertiary/aromatic N) is 2. The monoisotopic (exact) mass is 424 g/mol. The highest BCUT2D eigenvalue weighted by molar-refractivity contribution is 9.10. The van der Waals surface area contributed by atoms with Crippen LogP contribution in [0.4, 0.5) is 24.8 Å². The number of aromatic nitrogens is 2. The lowest BCUT2D eigenvalue weighted by molar-refractivity contribution is -0.137. The van der Waals surface area contributed by atoms with Crippen LogP contribution in [0.25, 0.3) is 10.9 Å². The fraction of sp³-hybridized carbons (Fsp3) is 0.222. The molecule has 0 amide bonds. The van der Waals surface area contributed by atoms with Crippen molar-refractivity contribution in [1.82, 2.24) is 9.97 Å². The molecule has 3 rings (SSSR count). The fourth-order valence-electron chi connectivity index (χ4n) is 2.60. The minimum atomic E-state index is -4.44. The number of pyridine rings is 2. The van der Waals surface area contributed by atoms with Crippen LogP contribution in [0, 0.1) is 6.92 Å². The van der Waals surface area contributed by atoms with Crippen molar-refractivity contribution in [2.75, 3.05) is 23.7 Å². The summed E-state index contributed by atoms with van der Waals surface area (Å²) in [6, 6.07) is 10.0. The van der Waals surface area contributed by atoms with E-state index in [0.29, 0.717) is 12.4 Å². The zero-order chi connectivity index (χ0) is 18.7. The van der Waals surface area contributed by atoms with Gasteiger partial charge in [0, 0.05) is 29.1 Å². The second-order valence-electron chi connectivity index (χ2n) is 5.74. The average molecular weight is 425 g/mol. The molecule has 0 aliphatic carbocycles. The predicted molar refractivity (Wildman–Crippen MR) is 100 cm³/mol. The Labute approximate surface area is 157 Å². The summed E-state index contributed by atoms with van der Waals surface area (Å²) in [5.74, 6) is 0.505. The Morgan fingerprint density at radius 3 is 2.62 bits per heavy atom. The van der Waals surface area contributed by atoms with Gasteiger partial charge in [0.2, 0.25) is 0 Å². The maximum Gasteiger partial charge on any atom is 0.419 e. The summed E-state index contributed by atoms with van der Waals surface area (Å²) in [6.07, 6.45) is -3.10. The van der Waals surface area contributed by atoms with E-state index in [1.54, 1.807) is 0 Å². The van der Waals surface area contributed by atoms with Gasteiger partial charge in [-0.1, -0.05) is 15.9 Å².